The summed E-state index contributed by atoms with van der Waals surface area (Å²) in [5, 5.41) is 27.1. The van der Waals surface area contributed by atoms with Crippen molar-refractivity contribution in [1.82, 2.24) is 0 Å². The van der Waals surface area contributed by atoms with Crippen LogP contribution in [0.1, 0.15) is 11.7 Å². The predicted molar refractivity (Wildman–Crippen MR) is 54.5 cm³/mol. The molecule has 0 saturated carbocycles. The third-order valence-electron chi connectivity index (χ3n) is 1.91. The highest BCUT2D eigenvalue weighted by atomic mass is 35.5. The van der Waals surface area contributed by atoms with Gasteiger partial charge in [-0.2, -0.15) is 0 Å². The summed E-state index contributed by atoms with van der Waals surface area (Å²) < 4.78 is 13.0. The number of aliphatic hydroxyl groups excluding tert-OH is 3. The van der Waals surface area contributed by atoms with Crippen LogP contribution in [-0.2, 0) is 0 Å². The van der Waals surface area contributed by atoms with E-state index < -0.39 is 24.6 Å². The molecule has 0 aliphatic carbocycles. The molecule has 6 heteroatoms. The zero-order valence-electron chi connectivity index (χ0n) is 7.49. The van der Waals surface area contributed by atoms with E-state index in [0.717, 1.165) is 12.1 Å². The maximum absolute atomic E-state index is 13.0. The van der Waals surface area contributed by atoms with Crippen LogP contribution in [0.25, 0.3) is 0 Å². The Morgan fingerprint density at radius 3 is 2.33 bits per heavy atom. The molecule has 0 fully saturated rings. The third kappa shape index (κ3) is 2.80. The van der Waals surface area contributed by atoms with E-state index in [1.807, 2.05) is 0 Å². The number of rotatable bonds is 3. The Morgan fingerprint density at radius 1 is 1.20 bits per heavy atom. The smallest absolute Gasteiger partial charge is 0.142 e. The fourth-order valence-corrected chi connectivity index (χ4v) is 1.57. The van der Waals surface area contributed by atoms with E-state index in [1.54, 1.807) is 0 Å². The van der Waals surface area contributed by atoms with Gasteiger partial charge < -0.3 is 15.3 Å². The lowest BCUT2D eigenvalue weighted by atomic mass is 10.0. The van der Waals surface area contributed by atoms with Crippen molar-refractivity contribution in [1.29, 1.82) is 0 Å². The maximum atomic E-state index is 13.0. The second-order valence-corrected chi connectivity index (χ2v) is 3.80. The standard InChI is InChI=1S/C9H9Cl2FO3/c10-5-2-6(11)7(12)1-4(5)9(15)8(14)3-13/h1-2,8-9,13-15H,3H2. The number of benzene rings is 1. The van der Waals surface area contributed by atoms with Crippen LogP contribution in [-0.4, -0.2) is 28.0 Å². The normalized spacial score (nSPS) is 15.1. The van der Waals surface area contributed by atoms with E-state index in [0.29, 0.717) is 0 Å². The first-order valence-electron chi connectivity index (χ1n) is 4.08. The van der Waals surface area contributed by atoms with Crippen molar-refractivity contribution in [3.05, 3.63) is 33.6 Å². The van der Waals surface area contributed by atoms with Crippen LogP contribution in [0.2, 0.25) is 10.0 Å². The Bertz CT molecular complexity index is 359. The quantitative estimate of drug-likeness (QED) is 0.717. The molecule has 3 nitrogen and oxygen atoms in total. The second-order valence-electron chi connectivity index (χ2n) is 2.98. The van der Waals surface area contributed by atoms with Crippen LogP contribution >= 0.6 is 23.2 Å². The molecule has 0 radical (unpaired) electrons. The van der Waals surface area contributed by atoms with Crippen LogP contribution in [0.3, 0.4) is 0 Å². The first kappa shape index (κ1) is 12.7. The maximum Gasteiger partial charge on any atom is 0.142 e. The minimum absolute atomic E-state index is 0.0138. The predicted octanol–water partition coefficient (Wildman–Crippen LogP) is 1.52. The summed E-state index contributed by atoms with van der Waals surface area (Å²) in [6, 6.07) is 2.05. The average molecular weight is 255 g/mol. The van der Waals surface area contributed by atoms with Crippen LogP contribution < -0.4 is 0 Å². The Balaban J connectivity index is 3.09. The van der Waals surface area contributed by atoms with Gasteiger partial charge in [-0.1, -0.05) is 23.2 Å². The van der Waals surface area contributed by atoms with Crippen molar-refractivity contribution in [3.8, 4) is 0 Å². The molecule has 0 bridgehead atoms. The van der Waals surface area contributed by atoms with E-state index in [1.165, 1.54) is 0 Å². The van der Waals surface area contributed by atoms with Crippen molar-refractivity contribution >= 4 is 23.2 Å². The number of hydrogen-bond acceptors (Lipinski definition) is 3. The molecule has 84 valence electrons. The molecule has 0 aliphatic heterocycles. The van der Waals surface area contributed by atoms with E-state index in [9.17, 15) is 9.50 Å². The lowest BCUT2D eigenvalue weighted by Crippen LogP contribution is -2.22. The topological polar surface area (TPSA) is 60.7 Å². The van der Waals surface area contributed by atoms with Gasteiger partial charge in [-0.3, -0.25) is 0 Å². The monoisotopic (exact) mass is 254 g/mol. The third-order valence-corrected chi connectivity index (χ3v) is 2.53. The first-order chi connectivity index (χ1) is 6.97. The fourth-order valence-electron chi connectivity index (χ4n) is 1.07. The highest BCUT2D eigenvalue weighted by Crippen LogP contribution is 2.30. The number of halogens is 3. The van der Waals surface area contributed by atoms with Gasteiger partial charge in [0.15, 0.2) is 0 Å². The van der Waals surface area contributed by atoms with Gasteiger partial charge in [-0.05, 0) is 12.1 Å². The Labute approximate surface area is 95.7 Å². The molecule has 0 spiro atoms. The lowest BCUT2D eigenvalue weighted by Gasteiger charge is -2.17. The highest BCUT2D eigenvalue weighted by Gasteiger charge is 2.21. The molecule has 0 aliphatic rings. The van der Waals surface area contributed by atoms with Gasteiger partial charge in [-0.15, -0.1) is 0 Å². The summed E-state index contributed by atoms with van der Waals surface area (Å²) in [4.78, 5) is 0. The largest absolute Gasteiger partial charge is 0.394 e. The summed E-state index contributed by atoms with van der Waals surface area (Å²) in [6.07, 6.45) is -2.86. The fraction of sp³-hybridized carbons (Fsp3) is 0.333. The van der Waals surface area contributed by atoms with Crippen LogP contribution in [0, 0.1) is 5.82 Å². The molecule has 15 heavy (non-hydrogen) atoms. The van der Waals surface area contributed by atoms with Gasteiger partial charge in [0.05, 0.1) is 11.6 Å². The molecule has 0 amide bonds. The van der Waals surface area contributed by atoms with Crippen molar-refractivity contribution in [2.75, 3.05) is 6.61 Å². The van der Waals surface area contributed by atoms with E-state index in [4.69, 9.17) is 33.4 Å². The molecular formula is C9H9Cl2FO3. The molecule has 0 aromatic heterocycles. The van der Waals surface area contributed by atoms with E-state index in [2.05, 4.69) is 0 Å². The second kappa shape index (κ2) is 5.09. The molecule has 1 aromatic carbocycles. The van der Waals surface area contributed by atoms with Gasteiger partial charge >= 0.3 is 0 Å². The van der Waals surface area contributed by atoms with E-state index in [-0.39, 0.29) is 15.6 Å². The Hall–Kier alpha value is -0.390. The minimum Gasteiger partial charge on any atom is -0.394 e. The van der Waals surface area contributed by atoms with Crippen LogP contribution in [0.15, 0.2) is 12.1 Å². The van der Waals surface area contributed by atoms with Gasteiger partial charge in [0, 0.05) is 10.6 Å². The zero-order chi connectivity index (χ0) is 11.6. The summed E-state index contributed by atoms with van der Waals surface area (Å²) in [5.41, 5.74) is -0.0138. The van der Waals surface area contributed by atoms with Crippen molar-refractivity contribution in [3.63, 3.8) is 0 Å². The average Bonchev–Trinajstić information content (AvgIpc) is 2.21. The van der Waals surface area contributed by atoms with Crippen LogP contribution in [0.4, 0.5) is 4.39 Å². The van der Waals surface area contributed by atoms with Crippen LogP contribution in [0.5, 0.6) is 0 Å². The molecule has 3 N–H and O–H groups in total. The molecule has 0 saturated heterocycles. The van der Waals surface area contributed by atoms with Gasteiger partial charge in [0.2, 0.25) is 0 Å². The molecule has 0 heterocycles. The highest BCUT2D eigenvalue weighted by molar-refractivity contribution is 6.35. The lowest BCUT2D eigenvalue weighted by molar-refractivity contribution is -0.0153. The van der Waals surface area contributed by atoms with Crippen molar-refractivity contribution < 1.29 is 19.7 Å². The minimum atomic E-state index is -1.45. The summed E-state index contributed by atoms with van der Waals surface area (Å²) in [5.74, 6) is -0.750. The SMILES string of the molecule is OCC(O)C(O)c1cc(F)c(Cl)cc1Cl. The molecule has 1 aromatic rings. The number of hydrogen-bond donors (Lipinski definition) is 3. The zero-order valence-corrected chi connectivity index (χ0v) is 9.00. The summed E-state index contributed by atoms with van der Waals surface area (Å²) >= 11 is 11.1. The Morgan fingerprint density at radius 2 is 1.80 bits per heavy atom. The summed E-state index contributed by atoms with van der Waals surface area (Å²) in [7, 11) is 0. The molecular weight excluding hydrogens is 246 g/mol. The number of aliphatic hydroxyl groups is 3. The van der Waals surface area contributed by atoms with E-state index >= 15 is 0 Å². The summed E-state index contributed by atoms with van der Waals surface area (Å²) in [6.45, 7) is -0.651. The molecule has 1 rings (SSSR count). The molecule has 2 unspecified atom stereocenters. The van der Waals surface area contributed by atoms with Crippen molar-refractivity contribution in [2.45, 2.75) is 12.2 Å². The van der Waals surface area contributed by atoms with Gasteiger partial charge in [0.25, 0.3) is 0 Å². The molecule has 2 atom stereocenters. The van der Waals surface area contributed by atoms with Crippen molar-refractivity contribution in [2.24, 2.45) is 0 Å². The Kier molecular flexibility index (Phi) is 4.31. The first-order valence-corrected chi connectivity index (χ1v) is 4.84. The van der Waals surface area contributed by atoms with Gasteiger partial charge in [0.1, 0.15) is 18.0 Å². The van der Waals surface area contributed by atoms with Gasteiger partial charge in [-0.25, -0.2) is 4.39 Å².